The fourth-order valence-corrected chi connectivity index (χ4v) is 3.64. The Hall–Kier alpha value is -3.02. The Kier molecular flexibility index (Phi) is 5.66. The van der Waals surface area contributed by atoms with Gasteiger partial charge in [0, 0.05) is 15.7 Å². The normalized spacial score (nSPS) is 18.0. The maximum absolute atomic E-state index is 13.0. The van der Waals surface area contributed by atoms with Crippen LogP contribution in [-0.2, 0) is 9.53 Å². The van der Waals surface area contributed by atoms with Gasteiger partial charge >= 0.3 is 5.97 Å². The van der Waals surface area contributed by atoms with Crippen LogP contribution in [0.5, 0.6) is 5.75 Å². The third-order valence-corrected chi connectivity index (χ3v) is 5.40. The fraction of sp³-hybridized carbons (Fsp3) is 0.130. The van der Waals surface area contributed by atoms with Gasteiger partial charge in [0.1, 0.15) is 11.8 Å². The minimum absolute atomic E-state index is 0.172. The lowest BCUT2D eigenvalue weighted by Crippen LogP contribution is -2.61. The molecule has 0 aliphatic carbocycles. The van der Waals surface area contributed by atoms with Gasteiger partial charge in [-0.15, -0.1) is 0 Å². The summed E-state index contributed by atoms with van der Waals surface area (Å²) in [6.07, 6.45) is -0.717. The van der Waals surface area contributed by atoms with Crippen LogP contribution in [0.15, 0.2) is 72.8 Å². The van der Waals surface area contributed by atoms with Crippen molar-refractivity contribution < 1.29 is 19.1 Å². The molecule has 0 saturated carbocycles. The number of carbonyl (C=O) groups is 2. The van der Waals surface area contributed by atoms with Crippen molar-refractivity contribution in [2.24, 2.45) is 0 Å². The van der Waals surface area contributed by atoms with Gasteiger partial charge in [0.05, 0.1) is 12.7 Å². The zero-order chi connectivity index (χ0) is 21.3. The molecule has 1 fully saturated rings. The topological polar surface area (TPSA) is 55.8 Å². The van der Waals surface area contributed by atoms with Crippen LogP contribution >= 0.6 is 23.2 Å². The Balaban J connectivity index is 1.67. The second-order valence-corrected chi connectivity index (χ2v) is 7.61. The summed E-state index contributed by atoms with van der Waals surface area (Å²) >= 11 is 11.9. The van der Waals surface area contributed by atoms with E-state index >= 15 is 0 Å². The first-order valence-electron chi connectivity index (χ1n) is 9.17. The number of anilines is 1. The maximum atomic E-state index is 13.0. The highest BCUT2D eigenvalue weighted by Gasteiger charge is 2.51. The monoisotopic (exact) mass is 441 g/mol. The van der Waals surface area contributed by atoms with Crippen LogP contribution in [0.1, 0.15) is 22.0 Å². The lowest BCUT2D eigenvalue weighted by Gasteiger charge is -2.46. The van der Waals surface area contributed by atoms with Crippen molar-refractivity contribution in [2.75, 3.05) is 12.0 Å². The van der Waals surface area contributed by atoms with Crippen LogP contribution in [0.3, 0.4) is 0 Å². The molecule has 30 heavy (non-hydrogen) atoms. The van der Waals surface area contributed by atoms with Crippen molar-refractivity contribution >= 4 is 40.8 Å². The van der Waals surface area contributed by atoms with E-state index in [4.69, 9.17) is 32.7 Å². The summed E-state index contributed by atoms with van der Waals surface area (Å²) in [5, 5.41) is 1.17. The zero-order valence-corrected chi connectivity index (χ0v) is 17.4. The Morgan fingerprint density at radius 2 is 1.43 bits per heavy atom. The summed E-state index contributed by atoms with van der Waals surface area (Å²) in [7, 11) is 1.33. The van der Waals surface area contributed by atoms with Gasteiger partial charge in [0.2, 0.25) is 6.10 Å². The van der Waals surface area contributed by atoms with Gasteiger partial charge in [0.15, 0.2) is 0 Å². The van der Waals surface area contributed by atoms with Crippen molar-refractivity contribution in [1.82, 2.24) is 0 Å². The third-order valence-electron chi connectivity index (χ3n) is 4.90. The van der Waals surface area contributed by atoms with Gasteiger partial charge < -0.3 is 9.47 Å². The highest BCUT2D eigenvalue weighted by Crippen LogP contribution is 2.41. The maximum Gasteiger partial charge on any atom is 0.337 e. The molecule has 0 bridgehead atoms. The molecular formula is C23H17Cl2NO4. The molecule has 3 aromatic carbocycles. The van der Waals surface area contributed by atoms with E-state index in [9.17, 15) is 9.59 Å². The van der Waals surface area contributed by atoms with E-state index in [0.717, 1.165) is 5.56 Å². The summed E-state index contributed by atoms with van der Waals surface area (Å²) in [6, 6.07) is 20.4. The predicted octanol–water partition coefficient (Wildman–Crippen LogP) is 5.32. The van der Waals surface area contributed by atoms with Crippen molar-refractivity contribution in [1.29, 1.82) is 0 Å². The molecule has 3 aromatic rings. The highest BCUT2D eigenvalue weighted by molar-refractivity contribution is 6.31. The number of rotatable bonds is 5. The Bertz CT molecular complexity index is 1070. The van der Waals surface area contributed by atoms with Crippen molar-refractivity contribution in [3.63, 3.8) is 0 Å². The zero-order valence-electron chi connectivity index (χ0n) is 15.9. The number of carbonyl (C=O) groups excluding carboxylic acids is 2. The number of ether oxygens (including phenoxy) is 2. The number of nitrogens with zero attached hydrogens (tertiary/aromatic N) is 1. The largest absolute Gasteiger partial charge is 0.478 e. The number of amides is 1. The minimum atomic E-state index is -0.717. The molecule has 2 atom stereocenters. The molecule has 1 aliphatic rings. The number of benzene rings is 3. The quantitative estimate of drug-likeness (QED) is 0.397. The summed E-state index contributed by atoms with van der Waals surface area (Å²) in [5.74, 6) is -0.0474. The highest BCUT2D eigenvalue weighted by atomic mass is 35.5. The minimum Gasteiger partial charge on any atom is -0.478 e. The van der Waals surface area contributed by atoms with Crippen LogP contribution in [0.2, 0.25) is 10.0 Å². The van der Waals surface area contributed by atoms with Crippen LogP contribution in [0.25, 0.3) is 0 Å². The van der Waals surface area contributed by atoms with E-state index in [1.54, 1.807) is 77.7 Å². The lowest BCUT2D eigenvalue weighted by atomic mass is 9.89. The molecule has 1 saturated heterocycles. The van der Waals surface area contributed by atoms with Gasteiger partial charge in [-0.05, 0) is 66.2 Å². The fourth-order valence-electron chi connectivity index (χ4n) is 3.38. The number of methoxy groups -OCH3 is 1. The first-order chi connectivity index (χ1) is 14.5. The molecular weight excluding hydrogens is 425 g/mol. The number of halogens is 2. The first-order valence-corrected chi connectivity index (χ1v) is 9.92. The number of hydrogen-bond acceptors (Lipinski definition) is 4. The molecule has 1 heterocycles. The number of esters is 1. The summed E-state index contributed by atoms with van der Waals surface area (Å²) < 4.78 is 10.7. The molecule has 1 amide bonds. The summed E-state index contributed by atoms with van der Waals surface area (Å²) in [5.41, 5.74) is 1.97. The van der Waals surface area contributed by atoms with Gasteiger partial charge in [-0.3, -0.25) is 9.69 Å². The Labute approximate surface area is 183 Å². The van der Waals surface area contributed by atoms with Crippen LogP contribution in [-0.4, -0.2) is 25.1 Å². The van der Waals surface area contributed by atoms with Crippen LogP contribution in [0, 0.1) is 0 Å². The number of hydrogen-bond donors (Lipinski definition) is 0. The molecule has 7 heteroatoms. The molecule has 1 aliphatic heterocycles. The van der Waals surface area contributed by atoms with E-state index in [0.29, 0.717) is 27.0 Å². The van der Waals surface area contributed by atoms with Gasteiger partial charge in [-0.25, -0.2) is 4.79 Å². The smallest absolute Gasteiger partial charge is 0.337 e. The first kappa shape index (κ1) is 20.3. The molecule has 4 rings (SSSR count). The second-order valence-electron chi connectivity index (χ2n) is 6.74. The van der Waals surface area contributed by atoms with Gasteiger partial charge in [-0.2, -0.15) is 0 Å². The molecule has 5 nitrogen and oxygen atoms in total. The average Bonchev–Trinajstić information content (AvgIpc) is 2.77. The standard InChI is InChI=1S/C23H17Cl2NO4/c1-29-23(28)15-4-2-14(3-5-15)20-21(30-19-12-8-17(25)9-13-19)22(27)26(20)18-10-6-16(24)7-11-18/h2-13,20-21H,1H3. The van der Waals surface area contributed by atoms with Crippen molar-refractivity contribution in [3.8, 4) is 5.75 Å². The van der Waals surface area contributed by atoms with Gasteiger partial charge in [-0.1, -0.05) is 35.3 Å². The van der Waals surface area contributed by atoms with E-state index in [2.05, 4.69) is 0 Å². The molecule has 2 unspecified atom stereocenters. The van der Waals surface area contributed by atoms with Crippen LogP contribution < -0.4 is 9.64 Å². The van der Waals surface area contributed by atoms with E-state index in [1.165, 1.54) is 7.11 Å². The Morgan fingerprint density at radius 3 is 2.00 bits per heavy atom. The molecule has 0 aromatic heterocycles. The van der Waals surface area contributed by atoms with Crippen molar-refractivity contribution in [3.05, 3.63) is 94.0 Å². The second kappa shape index (κ2) is 8.38. The van der Waals surface area contributed by atoms with Crippen LogP contribution in [0.4, 0.5) is 5.69 Å². The van der Waals surface area contributed by atoms with E-state index in [1.807, 2.05) is 0 Å². The van der Waals surface area contributed by atoms with Gasteiger partial charge in [0.25, 0.3) is 5.91 Å². The van der Waals surface area contributed by atoms with E-state index in [-0.39, 0.29) is 11.9 Å². The molecule has 0 N–H and O–H groups in total. The Morgan fingerprint density at radius 1 is 0.867 bits per heavy atom. The number of β-lactam (4-membered cyclic amide) rings is 1. The summed E-state index contributed by atoms with van der Waals surface area (Å²) in [6.45, 7) is 0. The predicted molar refractivity (Wildman–Crippen MR) is 115 cm³/mol. The third kappa shape index (κ3) is 3.86. The van der Waals surface area contributed by atoms with E-state index < -0.39 is 12.1 Å². The molecule has 152 valence electrons. The average molecular weight is 442 g/mol. The molecule has 0 radical (unpaired) electrons. The van der Waals surface area contributed by atoms with Crippen molar-refractivity contribution in [2.45, 2.75) is 12.1 Å². The summed E-state index contributed by atoms with van der Waals surface area (Å²) in [4.78, 5) is 26.4. The SMILES string of the molecule is COC(=O)c1ccc(C2C(Oc3ccc(Cl)cc3)C(=O)N2c2ccc(Cl)cc2)cc1. The lowest BCUT2D eigenvalue weighted by molar-refractivity contribution is -0.135. The molecule has 0 spiro atoms.